The summed E-state index contributed by atoms with van der Waals surface area (Å²) in [5.74, 6) is 0.190. The number of carbonyl (C=O) groups is 1. The molecule has 0 N–H and O–H groups in total. The third kappa shape index (κ3) is 3.00. The van der Waals surface area contributed by atoms with Gasteiger partial charge in [0.1, 0.15) is 0 Å². The number of benzene rings is 2. The zero-order chi connectivity index (χ0) is 13.7. The van der Waals surface area contributed by atoms with E-state index in [-0.39, 0.29) is 5.78 Å². The van der Waals surface area contributed by atoms with Gasteiger partial charge in [-0.25, -0.2) is 0 Å². The first-order valence-corrected chi connectivity index (χ1v) is 6.53. The monoisotopic (exact) mass is 250 g/mol. The fourth-order valence-electron chi connectivity index (χ4n) is 2.24. The molecule has 0 fully saturated rings. The van der Waals surface area contributed by atoms with Crippen LogP contribution >= 0.6 is 0 Å². The maximum Gasteiger partial charge on any atom is 0.163 e. The van der Waals surface area contributed by atoms with E-state index in [4.69, 9.17) is 0 Å². The lowest BCUT2D eigenvalue weighted by Crippen LogP contribution is -2.02. The second-order valence-corrected chi connectivity index (χ2v) is 4.59. The van der Waals surface area contributed by atoms with Crippen LogP contribution in [0, 0.1) is 6.92 Å². The Morgan fingerprint density at radius 2 is 1.84 bits per heavy atom. The average molecular weight is 250 g/mol. The van der Waals surface area contributed by atoms with Crippen molar-refractivity contribution < 1.29 is 4.79 Å². The zero-order valence-corrected chi connectivity index (χ0v) is 11.2. The van der Waals surface area contributed by atoms with Gasteiger partial charge in [-0.2, -0.15) is 0 Å². The van der Waals surface area contributed by atoms with Gasteiger partial charge in [-0.1, -0.05) is 54.6 Å². The Morgan fingerprint density at radius 1 is 1.11 bits per heavy atom. The Labute approximate surface area is 114 Å². The molecule has 1 nitrogen and oxygen atoms in total. The van der Waals surface area contributed by atoms with Gasteiger partial charge in [0.25, 0.3) is 0 Å². The lowest BCUT2D eigenvalue weighted by Gasteiger charge is -2.10. The Kier molecular flexibility index (Phi) is 4.30. The number of allylic oxidation sites excluding steroid dienone is 1. The van der Waals surface area contributed by atoms with E-state index in [1.165, 1.54) is 0 Å². The third-order valence-corrected chi connectivity index (χ3v) is 3.29. The molecule has 2 rings (SSSR count). The van der Waals surface area contributed by atoms with E-state index in [2.05, 4.69) is 24.8 Å². The summed E-state index contributed by atoms with van der Waals surface area (Å²) in [7, 11) is 0. The van der Waals surface area contributed by atoms with E-state index in [1.54, 1.807) is 6.08 Å². The molecule has 0 heterocycles. The van der Waals surface area contributed by atoms with Gasteiger partial charge in [0, 0.05) is 12.0 Å². The molecule has 0 bridgehead atoms. The molecule has 0 spiro atoms. The highest BCUT2D eigenvalue weighted by molar-refractivity contribution is 5.99. The SMILES string of the molecule is C=CCCC(=O)c1cccc(-c2ccccc2)c1C. The first kappa shape index (κ1) is 13.3. The highest BCUT2D eigenvalue weighted by atomic mass is 16.1. The quantitative estimate of drug-likeness (QED) is 0.549. The minimum Gasteiger partial charge on any atom is -0.294 e. The standard InChI is InChI=1S/C18H18O/c1-3-4-13-18(19)17-12-8-11-16(14(17)2)15-9-6-5-7-10-15/h3,5-12H,1,4,13H2,2H3. The van der Waals surface area contributed by atoms with E-state index < -0.39 is 0 Å². The molecule has 96 valence electrons. The molecule has 2 aromatic carbocycles. The Hall–Kier alpha value is -2.15. The van der Waals surface area contributed by atoms with Crippen molar-refractivity contribution in [3.8, 4) is 11.1 Å². The van der Waals surface area contributed by atoms with Crippen molar-refractivity contribution in [2.24, 2.45) is 0 Å². The molecule has 0 aromatic heterocycles. The normalized spacial score (nSPS) is 10.2. The molecule has 0 saturated carbocycles. The van der Waals surface area contributed by atoms with Crippen LogP contribution in [0.4, 0.5) is 0 Å². The molecule has 1 heteroatoms. The second-order valence-electron chi connectivity index (χ2n) is 4.59. The second kappa shape index (κ2) is 6.14. The molecule has 0 atom stereocenters. The highest BCUT2D eigenvalue weighted by Crippen LogP contribution is 2.26. The van der Waals surface area contributed by atoms with Crippen molar-refractivity contribution in [1.29, 1.82) is 0 Å². The van der Waals surface area contributed by atoms with Gasteiger partial charge in [-0.15, -0.1) is 6.58 Å². The minimum absolute atomic E-state index is 0.190. The first-order valence-electron chi connectivity index (χ1n) is 6.53. The van der Waals surface area contributed by atoms with Crippen molar-refractivity contribution in [1.82, 2.24) is 0 Å². The fourth-order valence-corrected chi connectivity index (χ4v) is 2.24. The smallest absolute Gasteiger partial charge is 0.163 e. The highest BCUT2D eigenvalue weighted by Gasteiger charge is 2.11. The average Bonchev–Trinajstić information content (AvgIpc) is 2.46. The van der Waals surface area contributed by atoms with Crippen molar-refractivity contribution in [2.45, 2.75) is 19.8 Å². The van der Waals surface area contributed by atoms with Crippen LogP contribution in [0.1, 0.15) is 28.8 Å². The van der Waals surface area contributed by atoms with Crippen LogP contribution in [0.25, 0.3) is 11.1 Å². The van der Waals surface area contributed by atoms with Gasteiger partial charge in [-0.05, 0) is 30.0 Å². The third-order valence-electron chi connectivity index (χ3n) is 3.29. The molecule has 0 radical (unpaired) electrons. The van der Waals surface area contributed by atoms with E-state index in [0.29, 0.717) is 6.42 Å². The maximum atomic E-state index is 12.2. The van der Waals surface area contributed by atoms with Crippen molar-refractivity contribution in [2.75, 3.05) is 0 Å². The summed E-state index contributed by atoms with van der Waals surface area (Å²) in [6, 6.07) is 16.1. The van der Waals surface area contributed by atoms with Crippen LogP contribution in [0.5, 0.6) is 0 Å². The van der Waals surface area contributed by atoms with Gasteiger partial charge in [0.15, 0.2) is 5.78 Å². The summed E-state index contributed by atoms with van der Waals surface area (Å²) in [6.07, 6.45) is 3.05. The fraction of sp³-hybridized carbons (Fsp3) is 0.167. The number of hydrogen-bond donors (Lipinski definition) is 0. The summed E-state index contributed by atoms with van der Waals surface area (Å²) in [5, 5.41) is 0. The van der Waals surface area contributed by atoms with Crippen molar-refractivity contribution in [3.05, 3.63) is 72.3 Å². The van der Waals surface area contributed by atoms with Crippen LogP contribution < -0.4 is 0 Å². The van der Waals surface area contributed by atoms with Crippen LogP contribution in [0.3, 0.4) is 0 Å². The zero-order valence-electron chi connectivity index (χ0n) is 11.2. The van der Waals surface area contributed by atoms with Crippen LogP contribution in [-0.4, -0.2) is 5.78 Å². The molecular weight excluding hydrogens is 232 g/mol. The Bertz CT molecular complexity index is 582. The Balaban J connectivity index is 2.38. The molecule has 2 aromatic rings. The number of Topliss-reactive ketones (excluding diaryl/α,β-unsaturated/α-hetero) is 1. The number of hydrogen-bond acceptors (Lipinski definition) is 1. The largest absolute Gasteiger partial charge is 0.294 e. The van der Waals surface area contributed by atoms with E-state index in [9.17, 15) is 4.79 Å². The van der Waals surface area contributed by atoms with Gasteiger partial charge in [0.2, 0.25) is 0 Å². The van der Waals surface area contributed by atoms with Crippen LogP contribution in [-0.2, 0) is 0 Å². The number of carbonyl (C=O) groups excluding carboxylic acids is 1. The predicted molar refractivity (Wildman–Crippen MR) is 80.4 cm³/mol. The van der Waals surface area contributed by atoms with E-state index >= 15 is 0 Å². The summed E-state index contributed by atoms with van der Waals surface area (Å²) < 4.78 is 0. The van der Waals surface area contributed by atoms with E-state index in [1.807, 2.05) is 37.3 Å². The predicted octanol–water partition coefficient (Wildman–Crippen LogP) is 4.81. The van der Waals surface area contributed by atoms with Crippen molar-refractivity contribution in [3.63, 3.8) is 0 Å². The summed E-state index contributed by atoms with van der Waals surface area (Å²) in [5.41, 5.74) is 4.16. The van der Waals surface area contributed by atoms with Crippen LogP contribution in [0.2, 0.25) is 0 Å². The Morgan fingerprint density at radius 3 is 2.53 bits per heavy atom. The maximum absolute atomic E-state index is 12.2. The molecule has 19 heavy (non-hydrogen) atoms. The van der Waals surface area contributed by atoms with Gasteiger partial charge >= 0.3 is 0 Å². The van der Waals surface area contributed by atoms with Gasteiger partial charge < -0.3 is 0 Å². The van der Waals surface area contributed by atoms with E-state index in [0.717, 1.165) is 28.7 Å². The number of ketones is 1. The minimum atomic E-state index is 0.190. The van der Waals surface area contributed by atoms with Crippen molar-refractivity contribution >= 4 is 5.78 Å². The number of rotatable bonds is 5. The lowest BCUT2D eigenvalue weighted by atomic mass is 9.93. The summed E-state index contributed by atoms with van der Waals surface area (Å²) >= 11 is 0. The van der Waals surface area contributed by atoms with Gasteiger partial charge in [0.05, 0.1) is 0 Å². The van der Waals surface area contributed by atoms with Crippen LogP contribution in [0.15, 0.2) is 61.2 Å². The molecule has 0 aliphatic heterocycles. The molecule has 0 saturated heterocycles. The molecule has 0 aliphatic rings. The summed E-state index contributed by atoms with van der Waals surface area (Å²) in [4.78, 5) is 12.2. The molecular formula is C18H18O. The van der Waals surface area contributed by atoms with Gasteiger partial charge in [-0.3, -0.25) is 4.79 Å². The molecule has 0 aliphatic carbocycles. The lowest BCUT2D eigenvalue weighted by molar-refractivity contribution is 0.0983. The summed E-state index contributed by atoms with van der Waals surface area (Å²) in [6.45, 7) is 5.68. The first-order chi connectivity index (χ1) is 9.24. The topological polar surface area (TPSA) is 17.1 Å². The molecule has 0 amide bonds. The molecule has 0 unspecified atom stereocenters.